The van der Waals surface area contributed by atoms with Crippen LogP contribution in [0.1, 0.15) is 11.1 Å². The summed E-state index contributed by atoms with van der Waals surface area (Å²) in [5.41, 5.74) is -0.131. The van der Waals surface area contributed by atoms with Crippen molar-refractivity contribution in [2.45, 2.75) is 6.42 Å². The van der Waals surface area contributed by atoms with E-state index in [0.29, 0.717) is 5.56 Å². The molecule has 0 saturated carbocycles. The minimum atomic E-state index is -0.704. The summed E-state index contributed by atoms with van der Waals surface area (Å²) >= 11 is 5.67. The van der Waals surface area contributed by atoms with Crippen LogP contribution in [0.2, 0.25) is 5.02 Å². The molecule has 0 aliphatic carbocycles. The van der Waals surface area contributed by atoms with Gasteiger partial charge in [-0.1, -0.05) is 11.6 Å². The van der Waals surface area contributed by atoms with E-state index >= 15 is 0 Å². The maximum absolute atomic E-state index is 11.0. The summed E-state index contributed by atoms with van der Waals surface area (Å²) in [6.45, 7) is 0. The van der Waals surface area contributed by atoms with Crippen molar-refractivity contribution in [1.82, 2.24) is 0 Å². The number of benzene rings is 1. The van der Waals surface area contributed by atoms with Crippen molar-refractivity contribution in [3.05, 3.63) is 38.4 Å². The molecule has 0 N–H and O–H groups in total. The van der Waals surface area contributed by atoms with Gasteiger partial charge in [-0.25, -0.2) is 0 Å². The number of methoxy groups -OCH3 is 1. The third-order valence-corrected chi connectivity index (χ3v) is 2.40. The van der Waals surface area contributed by atoms with Gasteiger partial charge in [0.15, 0.2) is 0 Å². The monoisotopic (exact) mass is 254 g/mol. The maximum atomic E-state index is 11.0. The summed E-state index contributed by atoms with van der Waals surface area (Å²) in [7, 11) is 1.21. The molecule has 0 heterocycles. The molecule has 0 aliphatic heterocycles. The van der Waals surface area contributed by atoms with Gasteiger partial charge < -0.3 is 4.74 Å². The van der Waals surface area contributed by atoms with Crippen LogP contribution in [0.25, 0.3) is 0 Å². The Bertz CT molecular complexity index is 522. The fraction of sp³-hybridized carbons (Fsp3) is 0.200. The first-order valence-corrected chi connectivity index (χ1v) is 4.81. The van der Waals surface area contributed by atoms with Crippen LogP contribution in [-0.2, 0) is 16.0 Å². The number of nitro groups is 1. The van der Waals surface area contributed by atoms with Crippen LogP contribution in [0.5, 0.6) is 0 Å². The minimum absolute atomic E-state index is 0.0419. The fourth-order valence-electron chi connectivity index (χ4n) is 1.22. The molecule has 0 amide bonds. The Balaban J connectivity index is 3.26. The van der Waals surface area contributed by atoms with Crippen LogP contribution < -0.4 is 0 Å². The van der Waals surface area contributed by atoms with E-state index in [1.165, 1.54) is 13.2 Å². The van der Waals surface area contributed by atoms with Crippen LogP contribution in [0.4, 0.5) is 5.69 Å². The molecule has 0 atom stereocenters. The molecule has 0 radical (unpaired) electrons. The molecule has 88 valence electrons. The molecule has 0 fully saturated rings. The Morgan fingerprint density at radius 2 is 2.29 bits per heavy atom. The van der Waals surface area contributed by atoms with Crippen molar-refractivity contribution in [2.75, 3.05) is 7.11 Å². The molecule has 6 nitrogen and oxygen atoms in total. The molecule has 17 heavy (non-hydrogen) atoms. The number of ether oxygens (including phenoxy) is 1. The molecule has 0 spiro atoms. The topological polar surface area (TPSA) is 93.2 Å². The third kappa shape index (κ3) is 2.92. The zero-order valence-corrected chi connectivity index (χ0v) is 9.52. The molecule has 1 aromatic rings. The first-order valence-electron chi connectivity index (χ1n) is 4.43. The number of rotatable bonds is 3. The number of hydrogen-bond acceptors (Lipinski definition) is 5. The summed E-state index contributed by atoms with van der Waals surface area (Å²) in [4.78, 5) is 21.0. The van der Waals surface area contributed by atoms with E-state index in [1.54, 1.807) is 6.07 Å². The summed E-state index contributed by atoms with van der Waals surface area (Å²) in [6.07, 6.45) is -0.150. The summed E-state index contributed by atoms with van der Waals surface area (Å²) in [6, 6.07) is 4.21. The Labute approximate surface area is 102 Å². The van der Waals surface area contributed by atoms with E-state index in [9.17, 15) is 14.9 Å². The van der Waals surface area contributed by atoms with Crippen molar-refractivity contribution in [3.8, 4) is 6.07 Å². The maximum Gasteiger partial charge on any atom is 0.309 e. The number of carbonyl (C=O) groups excluding carboxylic acids is 1. The average molecular weight is 255 g/mol. The highest BCUT2D eigenvalue weighted by Gasteiger charge is 2.19. The van der Waals surface area contributed by atoms with Crippen molar-refractivity contribution in [3.63, 3.8) is 0 Å². The largest absolute Gasteiger partial charge is 0.469 e. The Hall–Kier alpha value is -2.13. The molecular weight excluding hydrogens is 248 g/mol. The normalized spacial score (nSPS) is 9.47. The van der Waals surface area contributed by atoms with Gasteiger partial charge in [-0.15, -0.1) is 0 Å². The highest BCUT2D eigenvalue weighted by molar-refractivity contribution is 6.33. The van der Waals surface area contributed by atoms with Gasteiger partial charge in [-0.2, -0.15) is 5.26 Å². The quantitative estimate of drug-likeness (QED) is 0.466. The molecule has 0 saturated heterocycles. The predicted molar refractivity (Wildman–Crippen MR) is 58.5 cm³/mol. The Morgan fingerprint density at radius 1 is 1.65 bits per heavy atom. The standard InChI is InChI=1S/C10H7ClN2O4/c1-17-9(14)4-6-2-7(5-12)10(11)8(3-6)13(15)16/h2-3H,4H2,1H3. The fourth-order valence-corrected chi connectivity index (χ4v) is 1.44. The SMILES string of the molecule is COC(=O)Cc1cc(C#N)c(Cl)c([N+](=O)[O-])c1. The highest BCUT2D eigenvalue weighted by Crippen LogP contribution is 2.29. The number of carbonyl (C=O) groups is 1. The van der Waals surface area contributed by atoms with Crippen molar-refractivity contribution in [2.24, 2.45) is 0 Å². The lowest BCUT2D eigenvalue weighted by molar-refractivity contribution is -0.384. The summed E-state index contributed by atoms with van der Waals surface area (Å²) < 4.78 is 4.43. The number of halogens is 1. The van der Waals surface area contributed by atoms with E-state index in [-0.39, 0.29) is 17.0 Å². The van der Waals surface area contributed by atoms with Gasteiger partial charge in [0.05, 0.1) is 24.0 Å². The lowest BCUT2D eigenvalue weighted by Crippen LogP contribution is -2.05. The van der Waals surface area contributed by atoms with Crippen molar-refractivity contribution >= 4 is 23.3 Å². The number of esters is 1. The Morgan fingerprint density at radius 3 is 2.76 bits per heavy atom. The van der Waals surface area contributed by atoms with Crippen molar-refractivity contribution in [1.29, 1.82) is 5.26 Å². The summed E-state index contributed by atoms with van der Waals surface area (Å²) in [5, 5.41) is 19.2. The molecular formula is C10H7ClN2O4. The van der Waals surface area contributed by atoms with E-state index in [2.05, 4.69) is 4.74 Å². The third-order valence-electron chi connectivity index (χ3n) is 2.01. The first kappa shape index (κ1) is 12.9. The molecule has 1 rings (SSSR count). The number of nitriles is 1. The van der Waals surface area contributed by atoms with Gasteiger partial charge in [0.2, 0.25) is 0 Å². The average Bonchev–Trinajstić information content (AvgIpc) is 2.30. The predicted octanol–water partition coefficient (Wildman–Crippen LogP) is 1.84. The molecule has 0 aliphatic rings. The molecule has 1 aromatic carbocycles. The zero-order chi connectivity index (χ0) is 13.0. The van der Waals surface area contributed by atoms with E-state index in [0.717, 1.165) is 6.07 Å². The van der Waals surface area contributed by atoms with Gasteiger partial charge in [0.1, 0.15) is 11.1 Å². The van der Waals surface area contributed by atoms with Crippen LogP contribution in [0.3, 0.4) is 0 Å². The minimum Gasteiger partial charge on any atom is -0.469 e. The Kier molecular flexibility index (Phi) is 4.01. The summed E-state index contributed by atoms with van der Waals surface area (Å²) in [5.74, 6) is -0.550. The lowest BCUT2D eigenvalue weighted by Gasteiger charge is -2.03. The van der Waals surface area contributed by atoms with E-state index in [4.69, 9.17) is 16.9 Å². The molecule has 0 bridgehead atoms. The second kappa shape index (κ2) is 5.27. The first-order chi connectivity index (χ1) is 7.99. The van der Waals surface area contributed by atoms with Crippen LogP contribution >= 0.6 is 11.6 Å². The molecule has 7 heteroatoms. The number of hydrogen-bond donors (Lipinski definition) is 0. The number of nitro benzene ring substituents is 1. The second-order valence-corrected chi connectivity index (χ2v) is 3.48. The number of nitrogens with zero attached hydrogens (tertiary/aromatic N) is 2. The highest BCUT2D eigenvalue weighted by atomic mass is 35.5. The second-order valence-electron chi connectivity index (χ2n) is 3.10. The van der Waals surface area contributed by atoms with Gasteiger partial charge in [-0.05, 0) is 11.6 Å². The zero-order valence-electron chi connectivity index (χ0n) is 8.77. The van der Waals surface area contributed by atoms with E-state index in [1.807, 2.05) is 0 Å². The van der Waals surface area contributed by atoms with Gasteiger partial charge in [0.25, 0.3) is 5.69 Å². The van der Waals surface area contributed by atoms with Gasteiger partial charge in [-0.3, -0.25) is 14.9 Å². The van der Waals surface area contributed by atoms with Crippen LogP contribution in [0, 0.1) is 21.4 Å². The smallest absolute Gasteiger partial charge is 0.309 e. The van der Waals surface area contributed by atoms with E-state index < -0.39 is 16.6 Å². The van der Waals surface area contributed by atoms with Gasteiger partial charge in [0, 0.05) is 6.07 Å². The lowest BCUT2D eigenvalue weighted by atomic mass is 10.1. The van der Waals surface area contributed by atoms with Crippen molar-refractivity contribution < 1.29 is 14.5 Å². The van der Waals surface area contributed by atoms with Gasteiger partial charge >= 0.3 is 5.97 Å². The van der Waals surface area contributed by atoms with Crippen LogP contribution in [-0.4, -0.2) is 18.0 Å². The molecule has 0 unspecified atom stereocenters. The van der Waals surface area contributed by atoms with Crippen LogP contribution in [0.15, 0.2) is 12.1 Å². The molecule has 0 aromatic heterocycles.